The number of halogens is 1. The molecule has 0 atom stereocenters. The van der Waals surface area contributed by atoms with Crippen molar-refractivity contribution in [2.24, 2.45) is 5.41 Å². The molecule has 0 N–H and O–H groups in total. The zero-order chi connectivity index (χ0) is 11.5. The summed E-state index contributed by atoms with van der Waals surface area (Å²) in [5.74, 6) is 0.707. The molecule has 0 amide bonds. The summed E-state index contributed by atoms with van der Waals surface area (Å²) in [6.07, 6.45) is 0. The standard InChI is InChI=1S/C12H15ClOS/c1-9-5-4-6-10(7-9)15-8-12(2,3)11(13)14/h4-7H,8H2,1-3H3. The molecule has 3 heteroatoms. The third-order valence-corrected chi connectivity index (χ3v) is 4.09. The van der Waals surface area contributed by atoms with Gasteiger partial charge in [-0.05, 0) is 30.7 Å². The zero-order valence-corrected chi connectivity index (χ0v) is 10.8. The maximum Gasteiger partial charge on any atom is 0.228 e. The quantitative estimate of drug-likeness (QED) is 0.589. The van der Waals surface area contributed by atoms with Crippen molar-refractivity contribution >= 4 is 28.6 Å². The van der Waals surface area contributed by atoms with E-state index in [2.05, 4.69) is 19.1 Å². The lowest BCUT2D eigenvalue weighted by Gasteiger charge is -2.18. The largest absolute Gasteiger partial charge is 0.281 e. The lowest BCUT2D eigenvalue weighted by Crippen LogP contribution is -2.22. The molecular formula is C12H15ClOS. The Bertz CT molecular complexity index is 360. The molecule has 15 heavy (non-hydrogen) atoms. The van der Waals surface area contributed by atoms with Crippen LogP contribution in [0.2, 0.25) is 0 Å². The summed E-state index contributed by atoms with van der Waals surface area (Å²) in [5, 5.41) is -0.275. The first-order valence-corrected chi connectivity index (χ1v) is 6.17. The highest BCUT2D eigenvalue weighted by atomic mass is 35.5. The van der Waals surface area contributed by atoms with E-state index in [1.807, 2.05) is 26.0 Å². The highest BCUT2D eigenvalue weighted by molar-refractivity contribution is 7.99. The number of aryl methyl sites for hydroxylation is 1. The van der Waals surface area contributed by atoms with Crippen molar-refractivity contribution in [1.82, 2.24) is 0 Å². The molecule has 0 heterocycles. The summed E-state index contributed by atoms with van der Waals surface area (Å²) < 4.78 is 0. The fourth-order valence-corrected chi connectivity index (χ4v) is 2.27. The molecule has 1 aromatic rings. The van der Waals surface area contributed by atoms with E-state index in [4.69, 9.17) is 11.6 Å². The highest BCUT2D eigenvalue weighted by Gasteiger charge is 2.25. The van der Waals surface area contributed by atoms with Crippen LogP contribution in [0.1, 0.15) is 19.4 Å². The monoisotopic (exact) mass is 242 g/mol. The van der Waals surface area contributed by atoms with Gasteiger partial charge in [-0.15, -0.1) is 11.8 Å². The number of hydrogen-bond acceptors (Lipinski definition) is 2. The molecule has 0 aliphatic rings. The lowest BCUT2D eigenvalue weighted by atomic mass is 9.99. The fraction of sp³-hybridized carbons (Fsp3) is 0.417. The maximum atomic E-state index is 11.1. The van der Waals surface area contributed by atoms with Crippen LogP contribution in [0.3, 0.4) is 0 Å². The van der Waals surface area contributed by atoms with Gasteiger partial charge >= 0.3 is 0 Å². The van der Waals surface area contributed by atoms with Gasteiger partial charge in [0.1, 0.15) is 0 Å². The molecule has 0 radical (unpaired) electrons. The lowest BCUT2D eigenvalue weighted by molar-refractivity contribution is -0.117. The van der Waals surface area contributed by atoms with Crippen LogP contribution in [-0.4, -0.2) is 11.0 Å². The summed E-state index contributed by atoms with van der Waals surface area (Å²) in [7, 11) is 0. The van der Waals surface area contributed by atoms with Crippen molar-refractivity contribution in [3.63, 3.8) is 0 Å². The summed E-state index contributed by atoms with van der Waals surface area (Å²) in [4.78, 5) is 12.3. The van der Waals surface area contributed by atoms with Gasteiger partial charge in [0.2, 0.25) is 5.24 Å². The molecule has 0 saturated heterocycles. The molecule has 0 saturated carbocycles. The molecule has 0 fully saturated rings. The minimum atomic E-state index is -0.462. The average Bonchev–Trinajstić information content (AvgIpc) is 2.15. The number of carbonyl (C=O) groups excluding carboxylic acids is 1. The molecule has 1 rings (SSSR count). The molecule has 0 aromatic heterocycles. The normalized spacial score (nSPS) is 11.5. The molecule has 0 spiro atoms. The van der Waals surface area contributed by atoms with Gasteiger partial charge in [-0.2, -0.15) is 0 Å². The smallest absolute Gasteiger partial charge is 0.228 e. The Labute approximate surface area is 100 Å². The van der Waals surface area contributed by atoms with E-state index in [9.17, 15) is 4.79 Å². The second kappa shape index (κ2) is 5.04. The van der Waals surface area contributed by atoms with Crippen LogP contribution in [0.5, 0.6) is 0 Å². The van der Waals surface area contributed by atoms with Crippen molar-refractivity contribution < 1.29 is 4.79 Å². The molecule has 1 aromatic carbocycles. The average molecular weight is 243 g/mol. The third-order valence-electron chi connectivity index (χ3n) is 2.12. The van der Waals surface area contributed by atoms with Gasteiger partial charge in [-0.3, -0.25) is 4.79 Å². The van der Waals surface area contributed by atoms with E-state index in [1.54, 1.807) is 11.8 Å². The van der Waals surface area contributed by atoms with Gasteiger partial charge in [-0.25, -0.2) is 0 Å². The Morgan fingerprint density at radius 2 is 2.13 bits per heavy atom. The number of rotatable bonds is 4. The first kappa shape index (κ1) is 12.6. The van der Waals surface area contributed by atoms with Gasteiger partial charge in [0.25, 0.3) is 0 Å². The molecule has 0 aliphatic heterocycles. The molecule has 82 valence electrons. The van der Waals surface area contributed by atoms with Crippen molar-refractivity contribution in [3.05, 3.63) is 29.8 Å². The highest BCUT2D eigenvalue weighted by Crippen LogP contribution is 2.29. The summed E-state index contributed by atoms with van der Waals surface area (Å²) in [6, 6.07) is 8.24. The Hall–Kier alpha value is -0.470. The topological polar surface area (TPSA) is 17.1 Å². The van der Waals surface area contributed by atoms with Crippen molar-refractivity contribution in [2.75, 3.05) is 5.75 Å². The summed E-state index contributed by atoms with van der Waals surface area (Å²) >= 11 is 7.18. The van der Waals surface area contributed by atoms with E-state index in [0.717, 1.165) is 0 Å². The van der Waals surface area contributed by atoms with Crippen LogP contribution in [0.4, 0.5) is 0 Å². The molecule has 0 aliphatic carbocycles. The van der Waals surface area contributed by atoms with Gasteiger partial charge in [0.05, 0.1) is 0 Å². The van der Waals surface area contributed by atoms with E-state index in [-0.39, 0.29) is 5.24 Å². The van der Waals surface area contributed by atoms with Crippen LogP contribution in [0.25, 0.3) is 0 Å². The van der Waals surface area contributed by atoms with Crippen molar-refractivity contribution in [3.8, 4) is 0 Å². The van der Waals surface area contributed by atoms with Crippen molar-refractivity contribution in [2.45, 2.75) is 25.7 Å². The Kier molecular flexibility index (Phi) is 4.23. The fourth-order valence-electron chi connectivity index (χ4n) is 1.03. The predicted molar refractivity (Wildman–Crippen MR) is 66.5 cm³/mol. The van der Waals surface area contributed by atoms with E-state index < -0.39 is 5.41 Å². The van der Waals surface area contributed by atoms with Crippen molar-refractivity contribution in [1.29, 1.82) is 0 Å². The molecule has 1 nitrogen and oxygen atoms in total. The Morgan fingerprint density at radius 3 is 2.67 bits per heavy atom. The van der Waals surface area contributed by atoms with Crippen LogP contribution in [-0.2, 0) is 4.79 Å². The minimum absolute atomic E-state index is 0.275. The van der Waals surface area contributed by atoms with Gasteiger partial charge in [0, 0.05) is 16.1 Å². The zero-order valence-electron chi connectivity index (χ0n) is 9.21. The number of carbonyl (C=O) groups is 1. The maximum absolute atomic E-state index is 11.1. The predicted octanol–water partition coefficient (Wildman–Crippen LogP) is 3.88. The summed E-state index contributed by atoms with van der Waals surface area (Å²) in [5.41, 5.74) is 0.769. The second-order valence-corrected chi connectivity index (χ2v) is 5.65. The van der Waals surface area contributed by atoms with Crippen LogP contribution < -0.4 is 0 Å². The van der Waals surface area contributed by atoms with Crippen LogP contribution >= 0.6 is 23.4 Å². The number of hydrogen-bond donors (Lipinski definition) is 0. The van der Waals surface area contributed by atoms with E-state index in [0.29, 0.717) is 5.75 Å². The van der Waals surface area contributed by atoms with Gasteiger partial charge < -0.3 is 0 Å². The van der Waals surface area contributed by atoms with E-state index >= 15 is 0 Å². The Morgan fingerprint density at radius 1 is 1.47 bits per heavy atom. The first-order chi connectivity index (χ1) is 6.92. The minimum Gasteiger partial charge on any atom is -0.281 e. The molecular weight excluding hydrogens is 228 g/mol. The summed E-state index contributed by atoms with van der Waals surface area (Å²) in [6.45, 7) is 5.79. The number of benzene rings is 1. The molecule has 0 unspecified atom stereocenters. The number of thioether (sulfide) groups is 1. The molecule has 0 bridgehead atoms. The van der Waals surface area contributed by atoms with E-state index in [1.165, 1.54) is 10.5 Å². The second-order valence-electron chi connectivity index (χ2n) is 4.26. The van der Waals surface area contributed by atoms with Crippen LogP contribution in [0.15, 0.2) is 29.2 Å². The SMILES string of the molecule is Cc1cccc(SCC(C)(C)C(=O)Cl)c1. The van der Waals surface area contributed by atoms with Gasteiger partial charge in [-0.1, -0.05) is 31.5 Å². The van der Waals surface area contributed by atoms with Gasteiger partial charge in [0.15, 0.2) is 0 Å². The Balaban J connectivity index is 2.61. The third kappa shape index (κ3) is 3.88. The first-order valence-electron chi connectivity index (χ1n) is 4.81. The van der Waals surface area contributed by atoms with Crippen LogP contribution in [0, 0.1) is 12.3 Å².